The lowest BCUT2D eigenvalue weighted by Crippen LogP contribution is -2.35. The fourth-order valence-electron chi connectivity index (χ4n) is 0.548. The van der Waals surface area contributed by atoms with Gasteiger partial charge in [-0.15, -0.1) is 0 Å². The van der Waals surface area contributed by atoms with Crippen molar-refractivity contribution in [3.05, 3.63) is 0 Å². The monoisotopic (exact) mass is 158 g/mol. The largest absolute Gasteiger partial charge is 0.345 e. The van der Waals surface area contributed by atoms with Gasteiger partial charge in [0.1, 0.15) is 0 Å². The van der Waals surface area contributed by atoms with Crippen LogP contribution < -0.4 is 0 Å². The maximum absolute atomic E-state index is 11.1. The van der Waals surface area contributed by atoms with E-state index in [9.17, 15) is 9.59 Å². The number of hydrogen-bond acceptors (Lipinski definition) is 2. The molecule has 0 aliphatic heterocycles. The molecule has 0 aromatic carbocycles. The molecule has 0 aromatic heterocycles. The van der Waals surface area contributed by atoms with Crippen LogP contribution in [0.5, 0.6) is 0 Å². The highest BCUT2D eigenvalue weighted by Crippen LogP contribution is 1.85. The summed E-state index contributed by atoms with van der Waals surface area (Å²) in [6.45, 7) is 2.72. The Morgan fingerprint density at radius 1 is 1.45 bits per heavy atom. The van der Waals surface area contributed by atoms with E-state index in [1.54, 1.807) is 19.0 Å². The molecule has 4 heteroatoms. The first kappa shape index (κ1) is 9.94. The topological polar surface area (TPSA) is 40.6 Å². The zero-order valence-electron chi connectivity index (χ0n) is 7.20. The fourth-order valence-corrected chi connectivity index (χ4v) is 0.548. The van der Waals surface area contributed by atoms with E-state index < -0.39 is 0 Å². The Labute approximate surface area is 66.8 Å². The van der Waals surface area contributed by atoms with Crippen molar-refractivity contribution in [1.29, 1.82) is 0 Å². The van der Waals surface area contributed by atoms with Crippen molar-refractivity contribution in [2.24, 2.45) is 0 Å². The number of amides is 2. The van der Waals surface area contributed by atoms with Gasteiger partial charge in [0.25, 0.3) is 0 Å². The van der Waals surface area contributed by atoms with Crippen molar-refractivity contribution in [1.82, 2.24) is 9.80 Å². The molecular formula is C7H14N2O2. The predicted octanol–water partition coefficient (Wildman–Crippen LogP) is -0.447. The maximum atomic E-state index is 11.1. The van der Waals surface area contributed by atoms with Crippen LogP contribution in [0.15, 0.2) is 0 Å². The Morgan fingerprint density at radius 3 is 2.36 bits per heavy atom. The van der Waals surface area contributed by atoms with Gasteiger partial charge in [0.2, 0.25) is 12.3 Å². The van der Waals surface area contributed by atoms with E-state index in [0.717, 1.165) is 0 Å². The average Bonchev–Trinajstić information content (AvgIpc) is 2.02. The van der Waals surface area contributed by atoms with E-state index >= 15 is 0 Å². The van der Waals surface area contributed by atoms with Gasteiger partial charge in [-0.1, -0.05) is 0 Å². The SMILES string of the molecule is CCN(C)C(=O)CN(C)C=O. The first-order valence-electron chi connectivity index (χ1n) is 3.51. The summed E-state index contributed by atoms with van der Waals surface area (Å²) in [6, 6.07) is 0. The number of hydrogen-bond donors (Lipinski definition) is 0. The Bertz CT molecular complexity index is 147. The van der Waals surface area contributed by atoms with Gasteiger partial charge in [0, 0.05) is 20.6 Å². The summed E-state index contributed by atoms with van der Waals surface area (Å²) in [7, 11) is 3.29. The third kappa shape index (κ3) is 3.60. The van der Waals surface area contributed by atoms with Crippen LogP contribution in [0.3, 0.4) is 0 Å². The van der Waals surface area contributed by atoms with Gasteiger partial charge in [0.05, 0.1) is 6.54 Å². The molecular weight excluding hydrogens is 144 g/mol. The van der Waals surface area contributed by atoms with Crippen LogP contribution in [-0.4, -0.2) is 49.3 Å². The average molecular weight is 158 g/mol. The van der Waals surface area contributed by atoms with Crippen molar-refractivity contribution in [2.75, 3.05) is 27.2 Å². The lowest BCUT2D eigenvalue weighted by molar-refractivity contribution is -0.133. The van der Waals surface area contributed by atoms with Gasteiger partial charge in [-0.2, -0.15) is 0 Å². The summed E-state index contributed by atoms with van der Waals surface area (Å²) in [4.78, 5) is 24.1. The van der Waals surface area contributed by atoms with Gasteiger partial charge >= 0.3 is 0 Å². The van der Waals surface area contributed by atoms with Crippen LogP contribution in [0.4, 0.5) is 0 Å². The maximum Gasteiger partial charge on any atom is 0.241 e. The van der Waals surface area contributed by atoms with Crippen LogP contribution >= 0.6 is 0 Å². The zero-order chi connectivity index (χ0) is 8.85. The van der Waals surface area contributed by atoms with Gasteiger partial charge in [0.15, 0.2) is 0 Å². The molecule has 0 spiro atoms. The third-order valence-electron chi connectivity index (χ3n) is 1.46. The summed E-state index contributed by atoms with van der Waals surface area (Å²) in [5, 5.41) is 0. The van der Waals surface area contributed by atoms with Crippen molar-refractivity contribution >= 4 is 12.3 Å². The highest BCUT2D eigenvalue weighted by molar-refractivity contribution is 5.79. The van der Waals surface area contributed by atoms with Crippen molar-refractivity contribution in [3.63, 3.8) is 0 Å². The lowest BCUT2D eigenvalue weighted by atomic mass is 10.5. The zero-order valence-corrected chi connectivity index (χ0v) is 7.20. The molecule has 0 atom stereocenters. The van der Waals surface area contributed by atoms with E-state index in [0.29, 0.717) is 13.0 Å². The quantitative estimate of drug-likeness (QED) is 0.520. The van der Waals surface area contributed by atoms with Gasteiger partial charge in [-0.05, 0) is 6.92 Å². The Morgan fingerprint density at radius 2 is 2.00 bits per heavy atom. The van der Waals surface area contributed by atoms with Gasteiger partial charge < -0.3 is 9.80 Å². The number of likely N-dealkylation sites (N-methyl/N-ethyl adjacent to an activating group) is 2. The van der Waals surface area contributed by atoms with E-state index in [-0.39, 0.29) is 12.5 Å². The minimum absolute atomic E-state index is 0.0397. The molecule has 0 aliphatic rings. The number of nitrogens with zero attached hydrogens (tertiary/aromatic N) is 2. The Kier molecular flexibility index (Phi) is 4.26. The predicted molar refractivity (Wildman–Crippen MR) is 42.0 cm³/mol. The third-order valence-corrected chi connectivity index (χ3v) is 1.46. The van der Waals surface area contributed by atoms with Crippen LogP contribution in [0.2, 0.25) is 0 Å². The van der Waals surface area contributed by atoms with E-state index in [1.807, 2.05) is 6.92 Å². The second kappa shape index (κ2) is 4.71. The molecule has 0 radical (unpaired) electrons. The molecule has 0 unspecified atom stereocenters. The molecule has 4 nitrogen and oxygen atoms in total. The molecule has 0 aromatic rings. The summed E-state index contributed by atoms with van der Waals surface area (Å²) < 4.78 is 0. The highest BCUT2D eigenvalue weighted by Gasteiger charge is 2.07. The first-order chi connectivity index (χ1) is 5.11. The lowest BCUT2D eigenvalue weighted by Gasteiger charge is -2.17. The van der Waals surface area contributed by atoms with Crippen LogP contribution in [0.1, 0.15) is 6.92 Å². The summed E-state index contributed by atoms with van der Waals surface area (Å²) in [5.74, 6) is -0.0397. The van der Waals surface area contributed by atoms with Crippen LogP contribution in [0, 0.1) is 0 Å². The highest BCUT2D eigenvalue weighted by atomic mass is 16.2. The Balaban J connectivity index is 3.76. The molecule has 11 heavy (non-hydrogen) atoms. The van der Waals surface area contributed by atoms with E-state index in [4.69, 9.17) is 0 Å². The summed E-state index contributed by atoms with van der Waals surface area (Å²) in [6.07, 6.45) is 0.640. The minimum atomic E-state index is -0.0397. The minimum Gasteiger partial charge on any atom is -0.345 e. The van der Waals surface area contributed by atoms with Gasteiger partial charge in [-0.3, -0.25) is 9.59 Å². The molecule has 0 rings (SSSR count). The molecule has 0 heterocycles. The standard InChI is InChI=1S/C7H14N2O2/c1-4-9(3)7(11)5-8(2)6-10/h6H,4-5H2,1-3H3. The number of carbonyl (C=O) groups excluding carboxylic acids is 2. The normalized spacial score (nSPS) is 9.00. The van der Waals surface area contributed by atoms with Crippen LogP contribution in [-0.2, 0) is 9.59 Å². The van der Waals surface area contributed by atoms with E-state index in [1.165, 1.54) is 4.90 Å². The molecule has 0 saturated heterocycles. The molecule has 0 N–H and O–H groups in total. The van der Waals surface area contributed by atoms with Gasteiger partial charge in [-0.25, -0.2) is 0 Å². The molecule has 64 valence electrons. The second-order valence-corrected chi connectivity index (χ2v) is 2.43. The van der Waals surface area contributed by atoms with Crippen molar-refractivity contribution in [3.8, 4) is 0 Å². The summed E-state index contributed by atoms with van der Waals surface area (Å²) in [5.41, 5.74) is 0. The fraction of sp³-hybridized carbons (Fsp3) is 0.714. The van der Waals surface area contributed by atoms with Crippen molar-refractivity contribution in [2.45, 2.75) is 6.92 Å². The van der Waals surface area contributed by atoms with E-state index in [2.05, 4.69) is 0 Å². The smallest absolute Gasteiger partial charge is 0.241 e. The van der Waals surface area contributed by atoms with Crippen LogP contribution in [0.25, 0.3) is 0 Å². The molecule has 0 bridgehead atoms. The molecule has 2 amide bonds. The molecule has 0 aliphatic carbocycles. The van der Waals surface area contributed by atoms with Crippen molar-refractivity contribution < 1.29 is 9.59 Å². The number of rotatable bonds is 4. The summed E-state index contributed by atoms with van der Waals surface area (Å²) >= 11 is 0. The second-order valence-electron chi connectivity index (χ2n) is 2.43. The first-order valence-corrected chi connectivity index (χ1v) is 3.51. The molecule has 0 fully saturated rings. The Hall–Kier alpha value is -1.06. The number of carbonyl (C=O) groups is 2. The molecule has 0 saturated carbocycles.